The van der Waals surface area contributed by atoms with Crippen molar-refractivity contribution < 1.29 is 9.53 Å². The van der Waals surface area contributed by atoms with Crippen LogP contribution < -0.4 is 4.74 Å². The van der Waals surface area contributed by atoms with Gasteiger partial charge in [0.15, 0.2) is 5.78 Å². The van der Waals surface area contributed by atoms with Crippen molar-refractivity contribution in [3.8, 4) is 5.75 Å². The SMILES string of the molecule is CCC(=CC(=O)c1ccccc1OC)CC. The molecule has 0 aromatic heterocycles. The Balaban J connectivity index is 3.00. The lowest BCUT2D eigenvalue weighted by Gasteiger charge is -2.05. The third-order valence-corrected chi connectivity index (χ3v) is 2.62. The maximum atomic E-state index is 12.0. The molecule has 2 heteroatoms. The Morgan fingerprint density at radius 2 is 1.88 bits per heavy atom. The highest BCUT2D eigenvalue weighted by Crippen LogP contribution is 2.19. The molecule has 0 heterocycles. The number of benzene rings is 1. The number of ether oxygens (including phenoxy) is 1. The fourth-order valence-corrected chi connectivity index (χ4v) is 1.57. The minimum Gasteiger partial charge on any atom is -0.496 e. The summed E-state index contributed by atoms with van der Waals surface area (Å²) < 4.78 is 5.17. The summed E-state index contributed by atoms with van der Waals surface area (Å²) in [6.07, 6.45) is 3.55. The van der Waals surface area contributed by atoms with Crippen LogP contribution in [0.15, 0.2) is 35.9 Å². The fraction of sp³-hybridized carbons (Fsp3) is 0.357. The summed E-state index contributed by atoms with van der Waals surface area (Å²) in [5, 5.41) is 0. The Morgan fingerprint density at radius 3 is 2.44 bits per heavy atom. The number of para-hydroxylation sites is 1. The average Bonchev–Trinajstić information content (AvgIpc) is 2.35. The van der Waals surface area contributed by atoms with Crippen molar-refractivity contribution in [3.05, 3.63) is 41.5 Å². The molecule has 0 aliphatic carbocycles. The molecule has 0 amide bonds. The van der Waals surface area contributed by atoms with Crippen molar-refractivity contribution >= 4 is 5.78 Å². The quantitative estimate of drug-likeness (QED) is 0.557. The highest BCUT2D eigenvalue weighted by atomic mass is 16.5. The molecule has 1 aromatic rings. The third-order valence-electron chi connectivity index (χ3n) is 2.62. The molecule has 0 aliphatic heterocycles. The normalized spacial score (nSPS) is 9.69. The standard InChI is InChI=1S/C14H18O2/c1-4-11(5-2)10-13(15)12-8-6-7-9-14(12)16-3/h6-10H,4-5H2,1-3H3. The number of rotatable bonds is 5. The zero-order chi connectivity index (χ0) is 12.0. The van der Waals surface area contributed by atoms with Gasteiger partial charge in [0, 0.05) is 0 Å². The molecule has 0 radical (unpaired) electrons. The second-order valence-electron chi connectivity index (χ2n) is 3.57. The minimum atomic E-state index is 0.0242. The number of carbonyl (C=O) groups is 1. The van der Waals surface area contributed by atoms with E-state index < -0.39 is 0 Å². The van der Waals surface area contributed by atoms with Gasteiger partial charge in [-0.3, -0.25) is 4.79 Å². The molecular weight excluding hydrogens is 200 g/mol. The summed E-state index contributed by atoms with van der Waals surface area (Å²) in [5.41, 5.74) is 1.79. The van der Waals surface area contributed by atoms with E-state index in [9.17, 15) is 4.79 Å². The molecule has 0 unspecified atom stereocenters. The van der Waals surface area contributed by atoms with Gasteiger partial charge in [-0.2, -0.15) is 0 Å². The van der Waals surface area contributed by atoms with Crippen LogP contribution >= 0.6 is 0 Å². The van der Waals surface area contributed by atoms with Crippen molar-refractivity contribution in [2.45, 2.75) is 26.7 Å². The lowest BCUT2D eigenvalue weighted by atomic mass is 10.0. The number of carbonyl (C=O) groups excluding carboxylic acids is 1. The zero-order valence-electron chi connectivity index (χ0n) is 10.1. The van der Waals surface area contributed by atoms with E-state index in [1.165, 1.54) is 0 Å². The summed E-state index contributed by atoms with van der Waals surface area (Å²) in [4.78, 5) is 12.0. The largest absolute Gasteiger partial charge is 0.496 e. The van der Waals surface area contributed by atoms with Crippen LogP contribution in [0.3, 0.4) is 0 Å². The van der Waals surface area contributed by atoms with Gasteiger partial charge in [0.1, 0.15) is 5.75 Å². The summed E-state index contributed by atoms with van der Waals surface area (Å²) in [6, 6.07) is 7.31. The molecule has 2 nitrogen and oxygen atoms in total. The lowest BCUT2D eigenvalue weighted by molar-refractivity contribution is 0.104. The minimum absolute atomic E-state index is 0.0242. The summed E-state index contributed by atoms with van der Waals surface area (Å²) in [5.74, 6) is 0.659. The monoisotopic (exact) mass is 218 g/mol. The number of methoxy groups -OCH3 is 1. The Labute approximate surface area is 96.9 Å². The Hall–Kier alpha value is -1.57. The van der Waals surface area contributed by atoms with Crippen LogP contribution in [0, 0.1) is 0 Å². The molecule has 0 atom stereocenters. The van der Waals surface area contributed by atoms with Gasteiger partial charge < -0.3 is 4.74 Å². The smallest absolute Gasteiger partial charge is 0.189 e. The Morgan fingerprint density at radius 1 is 1.25 bits per heavy atom. The molecule has 0 saturated carbocycles. The van der Waals surface area contributed by atoms with Crippen LogP contribution in [0.25, 0.3) is 0 Å². The first kappa shape index (κ1) is 12.5. The van der Waals surface area contributed by atoms with E-state index in [0.29, 0.717) is 11.3 Å². The first-order valence-corrected chi connectivity index (χ1v) is 5.59. The molecule has 0 fully saturated rings. The van der Waals surface area contributed by atoms with Gasteiger partial charge in [-0.25, -0.2) is 0 Å². The molecular formula is C14H18O2. The molecule has 0 bridgehead atoms. The highest BCUT2D eigenvalue weighted by Gasteiger charge is 2.09. The van der Waals surface area contributed by atoms with Crippen LogP contribution in [-0.2, 0) is 0 Å². The molecule has 86 valence electrons. The number of hydrogen-bond donors (Lipinski definition) is 0. The second kappa shape index (κ2) is 6.11. The first-order valence-electron chi connectivity index (χ1n) is 5.59. The van der Waals surface area contributed by atoms with Gasteiger partial charge in [-0.05, 0) is 31.1 Å². The lowest BCUT2D eigenvalue weighted by Crippen LogP contribution is -1.99. The van der Waals surface area contributed by atoms with Gasteiger partial charge in [0.25, 0.3) is 0 Å². The van der Waals surface area contributed by atoms with Crippen LogP contribution in [0.5, 0.6) is 5.75 Å². The van der Waals surface area contributed by atoms with E-state index in [1.54, 1.807) is 25.3 Å². The Bertz CT molecular complexity index is 385. The second-order valence-corrected chi connectivity index (χ2v) is 3.57. The van der Waals surface area contributed by atoms with Gasteiger partial charge >= 0.3 is 0 Å². The average molecular weight is 218 g/mol. The molecule has 1 rings (SSSR count). The predicted octanol–water partition coefficient (Wildman–Crippen LogP) is 3.62. The maximum Gasteiger partial charge on any atom is 0.189 e. The van der Waals surface area contributed by atoms with Gasteiger partial charge in [0.05, 0.1) is 12.7 Å². The molecule has 0 saturated heterocycles. The van der Waals surface area contributed by atoms with Crippen molar-refractivity contribution in [1.82, 2.24) is 0 Å². The number of ketones is 1. The molecule has 0 aliphatic rings. The molecule has 0 N–H and O–H groups in total. The van der Waals surface area contributed by atoms with Crippen molar-refractivity contribution in [3.63, 3.8) is 0 Å². The van der Waals surface area contributed by atoms with E-state index in [0.717, 1.165) is 18.4 Å². The van der Waals surface area contributed by atoms with Crippen molar-refractivity contribution in [2.24, 2.45) is 0 Å². The van der Waals surface area contributed by atoms with E-state index in [4.69, 9.17) is 4.74 Å². The van der Waals surface area contributed by atoms with E-state index in [1.807, 2.05) is 12.1 Å². The number of hydrogen-bond acceptors (Lipinski definition) is 2. The van der Waals surface area contributed by atoms with Crippen LogP contribution in [-0.4, -0.2) is 12.9 Å². The predicted molar refractivity (Wildman–Crippen MR) is 66.0 cm³/mol. The van der Waals surface area contributed by atoms with Crippen LogP contribution in [0.1, 0.15) is 37.0 Å². The molecule has 1 aromatic carbocycles. The van der Waals surface area contributed by atoms with Gasteiger partial charge in [0.2, 0.25) is 0 Å². The molecule has 0 spiro atoms. The summed E-state index contributed by atoms with van der Waals surface area (Å²) in [6.45, 7) is 4.12. The summed E-state index contributed by atoms with van der Waals surface area (Å²) in [7, 11) is 1.58. The van der Waals surface area contributed by atoms with Gasteiger partial charge in [-0.15, -0.1) is 0 Å². The fourth-order valence-electron chi connectivity index (χ4n) is 1.57. The topological polar surface area (TPSA) is 26.3 Å². The van der Waals surface area contributed by atoms with Crippen LogP contribution in [0.4, 0.5) is 0 Å². The number of allylic oxidation sites excluding steroid dienone is 2. The summed E-state index contributed by atoms with van der Waals surface area (Å²) >= 11 is 0. The zero-order valence-corrected chi connectivity index (χ0v) is 10.1. The third kappa shape index (κ3) is 2.96. The van der Waals surface area contributed by atoms with Crippen molar-refractivity contribution in [2.75, 3.05) is 7.11 Å². The first-order chi connectivity index (χ1) is 7.72. The Kier molecular flexibility index (Phi) is 4.77. The van der Waals surface area contributed by atoms with Gasteiger partial charge in [-0.1, -0.05) is 31.6 Å². The highest BCUT2D eigenvalue weighted by molar-refractivity contribution is 6.06. The maximum absolute atomic E-state index is 12.0. The van der Waals surface area contributed by atoms with E-state index in [2.05, 4.69) is 13.8 Å². The van der Waals surface area contributed by atoms with Crippen LogP contribution in [0.2, 0.25) is 0 Å². The van der Waals surface area contributed by atoms with Crippen molar-refractivity contribution in [1.29, 1.82) is 0 Å². The molecule has 16 heavy (non-hydrogen) atoms. The van der Waals surface area contributed by atoms with E-state index >= 15 is 0 Å². The van der Waals surface area contributed by atoms with E-state index in [-0.39, 0.29) is 5.78 Å².